The molecule has 2 aromatic heterocycles. The fraction of sp³-hybridized carbons (Fsp3) is 0.0579. The van der Waals surface area contributed by atoms with Crippen LogP contribution in [0, 0.1) is 0 Å². The summed E-state index contributed by atoms with van der Waals surface area (Å²) in [6.07, 6.45) is 0.698. The van der Waals surface area contributed by atoms with Gasteiger partial charge in [-0.05, 0) is 146 Å². The monoisotopic (exact) mass is 2010 g/mol. The molecule has 0 bridgehead atoms. The first-order valence-corrected chi connectivity index (χ1v) is 51.3. The van der Waals surface area contributed by atoms with Gasteiger partial charge < -0.3 is 19.8 Å². The Kier molecular flexibility index (Phi) is 38.2. The van der Waals surface area contributed by atoms with Crippen LogP contribution in [0.15, 0.2) is 519 Å². The number of aromatic amines is 2. The molecule has 4 N–H and O–H groups in total. The number of nitrogens with one attached hydrogen (secondary N) is 2. The molecule has 0 unspecified atom stereocenters. The Morgan fingerprint density at radius 2 is 0.471 bits per heavy atom. The third-order valence-electron chi connectivity index (χ3n) is 23.1. The minimum absolute atomic E-state index is 0. The first kappa shape index (κ1) is 102. The third-order valence-corrected chi connectivity index (χ3v) is 33.2. The summed E-state index contributed by atoms with van der Waals surface area (Å²) in [5.41, 5.74) is 8.38. The van der Waals surface area contributed by atoms with Gasteiger partial charge in [0.2, 0.25) is 11.8 Å². The van der Waals surface area contributed by atoms with E-state index in [0.29, 0.717) is 65.8 Å². The van der Waals surface area contributed by atoms with Crippen LogP contribution in [0.2, 0.25) is 5.15 Å². The Bertz CT molecular complexity index is 6460. The molecule has 19 heteroatoms. The molecular weight excluding hydrogens is 1910 g/mol. The Balaban J connectivity index is 0.000000131. The number of halogens is 1. The van der Waals surface area contributed by atoms with Crippen molar-refractivity contribution in [1.29, 1.82) is 0 Å². The van der Waals surface area contributed by atoms with Gasteiger partial charge in [0.1, 0.15) is 0 Å². The normalized spacial score (nSPS) is 11.3. The maximum atomic E-state index is 12.7. The summed E-state index contributed by atoms with van der Waals surface area (Å²) in [6, 6.07) is 175. The van der Waals surface area contributed by atoms with Crippen LogP contribution < -0.4 is 80.2 Å². The van der Waals surface area contributed by atoms with Crippen LogP contribution >= 0.6 is 43.3 Å². The van der Waals surface area contributed by atoms with Crippen molar-refractivity contribution in [3.63, 3.8) is 0 Å². The zero-order valence-corrected chi connectivity index (χ0v) is 82.0. The van der Waals surface area contributed by atoms with Crippen LogP contribution in [0.4, 0.5) is 0 Å². The Morgan fingerprint density at radius 1 is 0.271 bits per heavy atom. The van der Waals surface area contributed by atoms with Crippen molar-refractivity contribution in [1.82, 2.24) is 30.2 Å². The second kappa shape index (κ2) is 52.6. The molecule has 20 aromatic rings. The molecule has 2 aliphatic rings. The third kappa shape index (κ3) is 27.7. The number of amides is 2. The number of nitrogens with zero attached hydrogens (tertiary/aromatic N) is 4. The van der Waals surface area contributed by atoms with Crippen molar-refractivity contribution in [2.24, 2.45) is 0 Å². The molecule has 0 radical (unpaired) electrons. The van der Waals surface area contributed by atoms with Gasteiger partial charge in [0, 0.05) is 62.9 Å². The largest absolute Gasteiger partial charge is 0.488 e. The SMILES string of the molecule is C.O=C(Cc1ccc(-c2n[nH]c(=O)c3ccccc23)cc1)N1Cc2ccccc2C1.O=C(Cc1ccc(B(O)O)cc1)N1Cc2ccccc2C1.O=c1[nH]nc(Cl)c2ccccc12.[Pd].c1ccc(P(c2ccccc2)c2ccccc2)cc1.c1ccc(P(c2ccccc2)c2ccccc2)cc1.c1ccc(P(c2ccccc2)c2ccccc2)cc1.c1ccc(P(c2ccccc2)c2ccccc2)cc1. The number of aromatic nitrogens is 4. The molecule has 0 spiro atoms. The van der Waals surface area contributed by atoms with Gasteiger partial charge >= 0.3 is 7.12 Å². The molecule has 18 aromatic carbocycles. The zero-order chi connectivity index (χ0) is 94.8. The van der Waals surface area contributed by atoms with E-state index < -0.39 is 38.8 Å². The van der Waals surface area contributed by atoms with E-state index in [0.717, 1.165) is 27.8 Å². The molecule has 12 nitrogen and oxygen atoms in total. The number of benzene rings is 18. The van der Waals surface area contributed by atoms with Crippen molar-refractivity contribution in [2.45, 2.75) is 46.4 Å². The Labute approximate surface area is 843 Å². The number of rotatable bonds is 18. The number of hydrogen-bond acceptors (Lipinski definition) is 8. The van der Waals surface area contributed by atoms with E-state index in [1.54, 1.807) is 48.5 Å². The maximum absolute atomic E-state index is 12.7. The minimum Gasteiger partial charge on any atom is -0.423 e. The molecule has 0 saturated heterocycles. The van der Waals surface area contributed by atoms with Crippen LogP contribution in [0.25, 0.3) is 32.8 Å². The molecule has 0 saturated carbocycles. The number of H-pyrrole nitrogens is 2. The molecule has 0 atom stereocenters. The molecule has 22 rings (SSSR count). The summed E-state index contributed by atoms with van der Waals surface area (Å²) < 4.78 is 0. The summed E-state index contributed by atoms with van der Waals surface area (Å²) in [7, 11) is -3.25. The van der Waals surface area contributed by atoms with Crippen LogP contribution in [-0.2, 0) is 69.0 Å². The van der Waals surface area contributed by atoms with Gasteiger partial charge in [-0.3, -0.25) is 19.2 Å². The number of fused-ring (bicyclic) bond motifs is 4. The van der Waals surface area contributed by atoms with E-state index in [2.05, 4.69) is 409 Å². The minimum atomic E-state index is -1.47. The number of carbonyl (C=O) groups excluding carboxylic acids is 2. The molecule has 140 heavy (non-hydrogen) atoms. The van der Waals surface area contributed by atoms with E-state index in [1.807, 2.05) is 82.6 Å². The molecule has 694 valence electrons. The summed E-state index contributed by atoms with van der Waals surface area (Å²) in [6.45, 7) is 2.70. The van der Waals surface area contributed by atoms with Crippen LogP contribution in [-0.4, -0.2) is 59.2 Å². The number of carbonyl (C=O) groups is 2. The van der Waals surface area contributed by atoms with Gasteiger partial charge in [-0.25, -0.2) is 10.2 Å². The first-order valence-electron chi connectivity index (χ1n) is 45.6. The second-order valence-electron chi connectivity index (χ2n) is 32.4. The van der Waals surface area contributed by atoms with Crippen molar-refractivity contribution in [2.75, 3.05) is 0 Å². The quantitative estimate of drug-likeness (QED) is 0.0485. The van der Waals surface area contributed by atoms with Gasteiger partial charge in [-0.1, -0.05) is 516 Å². The fourth-order valence-corrected chi connectivity index (χ4v) is 25.7. The van der Waals surface area contributed by atoms with Gasteiger partial charge in [-0.15, -0.1) is 0 Å². The van der Waals surface area contributed by atoms with E-state index in [-0.39, 0.29) is 50.8 Å². The molecule has 0 fully saturated rings. The van der Waals surface area contributed by atoms with Gasteiger partial charge in [0.15, 0.2) is 5.15 Å². The van der Waals surface area contributed by atoms with Crippen LogP contribution in [0.5, 0.6) is 0 Å². The van der Waals surface area contributed by atoms with E-state index in [4.69, 9.17) is 21.6 Å². The van der Waals surface area contributed by atoms with E-state index in [9.17, 15) is 19.2 Å². The standard InChI is InChI=1S/C24H19N3O2.4C18H15P.C16H16BNO3.C8H5ClN2O.CH4.Pd/c28-22(27-14-18-5-1-2-6-19(18)15-27)13-16-9-11-17(12-10-16)23-20-7-3-4-8-21(20)24(29)26-25-23;4*1-4-10-16(11-5-1)19(17-12-6-2-7-13-17)18-14-8-3-9-15-18;19-16(9-12-5-7-15(8-6-12)17(20)21)18-10-13-3-1-2-4-14(13)11-18;9-7-5-3-1-2-4-6(5)8(12)11-10-7;;/h1-12H,13-15H2,(H,26,29);4*1-15H;1-8,20-21H,9-11H2;1-4H,(H,11,12);1H4;. The average Bonchev–Trinajstić information content (AvgIpc) is 0.807. The smallest absolute Gasteiger partial charge is 0.423 e. The van der Waals surface area contributed by atoms with Gasteiger partial charge in [0.05, 0.1) is 29.3 Å². The van der Waals surface area contributed by atoms with E-state index in [1.165, 1.54) is 85.9 Å². The predicted octanol–water partition coefficient (Wildman–Crippen LogP) is 20.1. The van der Waals surface area contributed by atoms with E-state index >= 15 is 0 Å². The second-order valence-corrected chi connectivity index (χ2v) is 41.6. The molecule has 4 heterocycles. The molecule has 2 amide bonds. The summed E-state index contributed by atoms with van der Waals surface area (Å²) >= 11 is 5.75. The summed E-state index contributed by atoms with van der Waals surface area (Å²) in [4.78, 5) is 51.9. The molecule has 2 aliphatic heterocycles. The summed E-state index contributed by atoms with van der Waals surface area (Å²) in [5, 5.41) is 50.6. The van der Waals surface area contributed by atoms with Gasteiger partial charge in [0.25, 0.3) is 11.1 Å². The fourth-order valence-electron chi connectivity index (χ4n) is 16.3. The Morgan fingerprint density at radius 3 is 0.707 bits per heavy atom. The van der Waals surface area contributed by atoms with Crippen molar-refractivity contribution in [3.8, 4) is 11.3 Å². The van der Waals surface area contributed by atoms with Crippen molar-refractivity contribution >= 4 is 153 Å². The topological polar surface area (TPSA) is 173 Å². The van der Waals surface area contributed by atoms with Crippen molar-refractivity contribution < 1.29 is 40.1 Å². The first-order chi connectivity index (χ1) is 67.9. The van der Waals surface area contributed by atoms with Crippen LogP contribution in [0.1, 0.15) is 40.8 Å². The predicted molar refractivity (Wildman–Crippen MR) is 588 cm³/mol. The van der Waals surface area contributed by atoms with Crippen molar-refractivity contribution in [3.05, 3.63) is 569 Å². The number of hydrogen-bond donors (Lipinski definition) is 4. The zero-order valence-electron chi connectivity index (χ0n) is 76.1. The Hall–Kier alpha value is -14.2. The molecule has 0 aliphatic carbocycles. The molecular formula is C121H104BClN6O6P4Pd. The average molecular weight is 2010 g/mol. The van der Waals surface area contributed by atoms with Crippen LogP contribution in [0.3, 0.4) is 0 Å². The summed E-state index contributed by atoms with van der Waals surface area (Å²) in [5.74, 6) is 0.213. The maximum Gasteiger partial charge on any atom is 0.488 e. The van der Waals surface area contributed by atoms with Gasteiger partial charge in [-0.2, -0.15) is 10.2 Å².